The van der Waals surface area contributed by atoms with E-state index in [0.29, 0.717) is 12.6 Å². The Morgan fingerprint density at radius 3 is 2.42 bits per heavy atom. The van der Waals surface area contributed by atoms with E-state index in [0.717, 1.165) is 24.3 Å². The van der Waals surface area contributed by atoms with Crippen molar-refractivity contribution in [3.8, 4) is 5.69 Å². The lowest BCUT2D eigenvalue weighted by atomic mass is 10.0. The first-order chi connectivity index (χ1) is 12.7. The van der Waals surface area contributed by atoms with E-state index in [4.69, 9.17) is 0 Å². The molecular formula is C21H27N5. The molecule has 0 fully saturated rings. The number of nitrogens with one attached hydrogen (secondary N) is 1. The topological polar surface area (TPSA) is 46.0 Å². The normalized spacial score (nSPS) is 12.5. The van der Waals surface area contributed by atoms with Crippen LogP contribution in [-0.4, -0.2) is 40.5 Å². The van der Waals surface area contributed by atoms with Gasteiger partial charge in [-0.05, 0) is 43.8 Å². The van der Waals surface area contributed by atoms with Gasteiger partial charge in [0.25, 0.3) is 0 Å². The van der Waals surface area contributed by atoms with Gasteiger partial charge in [-0.3, -0.25) is 0 Å². The molecule has 5 heteroatoms. The molecular weight excluding hydrogens is 322 g/mol. The summed E-state index contributed by atoms with van der Waals surface area (Å²) in [6.07, 6.45) is 2.89. The molecule has 0 bridgehead atoms. The maximum absolute atomic E-state index is 4.55. The van der Waals surface area contributed by atoms with Gasteiger partial charge in [0.2, 0.25) is 0 Å². The smallest absolute Gasteiger partial charge is 0.0969 e. The third-order valence-corrected chi connectivity index (χ3v) is 4.57. The molecule has 1 aromatic heterocycles. The second kappa shape index (κ2) is 8.74. The first-order valence-electron chi connectivity index (χ1n) is 9.10. The number of aryl methyl sites for hydroxylation is 1. The Morgan fingerprint density at radius 2 is 1.77 bits per heavy atom. The highest BCUT2D eigenvalue weighted by Crippen LogP contribution is 2.18. The standard InChI is InChI=1S/C21H27N5/c1-4-17-10-12-18(13-11-17)21(25(2)3)16-22-14-19-15-23-26(24-19)20-8-6-5-7-9-20/h5-13,15,21-22H,4,14,16H2,1-3H3/t21-/m1/s1. The second-order valence-electron chi connectivity index (χ2n) is 6.67. The molecule has 0 saturated carbocycles. The van der Waals surface area contributed by atoms with Crippen LogP contribution in [0.5, 0.6) is 0 Å². The molecule has 0 spiro atoms. The van der Waals surface area contributed by atoms with Crippen molar-refractivity contribution in [2.75, 3.05) is 20.6 Å². The molecule has 2 aromatic carbocycles. The highest BCUT2D eigenvalue weighted by Gasteiger charge is 2.14. The molecule has 0 aliphatic rings. The Balaban J connectivity index is 1.59. The summed E-state index contributed by atoms with van der Waals surface area (Å²) >= 11 is 0. The second-order valence-corrected chi connectivity index (χ2v) is 6.67. The van der Waals surface area contributed by atoms with E-state index >= 15 is 0 Å². The minimum atomic E-state index is 0.324. The molecule has 5 nitrogen and oxygen atoms in total. The number of hydrogen-bond donors (Lipinski definition) is 1. The molecule has 0 amide bonds. The molecule has 1 heterocycles. The number of nitrogens with zero attached hydrogens (tertiary/aromatic N) is 4. The lowest BCUT2D eigenvalue weighted by Crippen LogP contribution is -2.31. The summed E-state index contributed by atoms with van der Waals surface area (Å²) in [6, 6.07) is 19.2. The zero-order valence-electron chi connectivity index (χ0n) is 15.8. The minimum Gasteiger partial charge on any atom is -0.309 e. The lowest BCUT2D eigenvalue weighted by molar-refractivity contribution is 0.288. The SMILES string of the molecule is CCc1ccc([C@@H](CNCc2cnn(-c3ccccc3)n2)N(C)C)cc1. The van der Waals surface area contributed by atoms with Crippen molar-refractivity contribution in [3.63, 3.8) is 0 Å². The van der Waals surface area contributed by atoms with E-state index in [2.05, 4.69) is 65.7 Å². The van der Waals surface area contributed by atoms with Crippen LogP contribution < -0.4 is 5.32 Å². The van der Waals surface area contributed by atoms with Crippen molar-refractivity contribution >= 4 is 0 Å². The van der Waals surface area contributed by atoms with Crippen LogP contribution in [0.4, 0.5) is 0 Å². The number of rotatable bonds is 8. The van der Waals surface area contributed by atoms with E-state index in [-0.39, 0.29) is 0 Å². The quantitative estimate of drug-likeness (QED) is 0.678. The van der Waals surface area contributed by atoms with E-state index in [1.54, 1.807) is 4.80 Å². The molecule has 1 N–H and O–H groups in total. The molecule has 0 unspecified atom stereocenters. The van der Waals surface area contributed by atoms with Gasteiger partial charge in [-0.2, -0.15) is 15.0 Å². The number of aromatic nitrogens is 3. The van der Waals surface area contributed by atoms with Gasteiger partial charge in [0.15, 0.2) is 0 Å². The van der Waals surface area contributed by atoms with Gasteiger partial charge in [-0.15, -0.1) is 0 Å². The Kier molecular flexibility index (Phi) is 6.15. The van der Waals surface area contributed by atoms with Gasteiger partial charge in [-0.1, -0.05) is 49.4 Å². The molecule has 0 radical (unpaired) electrons. The fourth-order valence-electron chi connectivity index (χ4n) is 2.97. The Hall–Kier alpha value is -2.50. The summed E-state index contributed by atoms with van der Waals surface area (Å²) in [4.78, 5) is 3.92. The number of likely N-dealkylation sites (N-methyl/N-ethyl adjacent to an activating group) is 1. The fourth-order valence-corrected chi connectivity index (χ4v) is 2.97. The van der Waals surface area contributed by atoms with Crippen LogP contribution in [0, 0.1) is 0 Å². The molecule has 0 aliphatic heterocycles. The zero-order valence-corrected chi connectivity index (χ0v) is 15.8. The van der Waals surface area contributed by atoms with Crippen LogP contribution in [0.2, 0.25) is 0 Å². The fraction of sp³-hybridized carbons (Fsp3) is 0.333. The summed E-state index contributed by atoms with van der Waals surface area (Å²) in [5.41, 5.74) is 4.61. The maximum Gasteiger partial charge on any atom is 0.0969 e. The predicted molar refractivity (Wildman–Crippen MR) is 105 cm³/mol. The van der Waals surface area contributed by atoms with E-state index < -0.39 is 0 Å². The van der Waals surface area contributed by atoms with E-state index in [1.165, 1.54) is 11.1 Å². The van der Waals surface area contributed by atoms with Crippen molar-refractivity contribution in [1.82, 2.24) is 25.2 Å². The molecule has 1 atom stereocenters. The van der Waals surface area contributed by atoms with E-state index in [9.17, 15) is 0 Å². The summed E-state index contributed by atoms with van der Waals surface area (Å²) < 4.78 is 0. The lowest BCUT2D eigenvalue weighted by Gasteiger charge is -2.25. The average Bonchev–Trinajstić information content (AvgIpc) is 3.15. The average molecular weight is 349 g/mol. The zero-order chi connectivity index (χ0) is 18.4. The van der Waals surface area contributed by atoms with Crippen LogP contribution >= 0.6 is 0 Å². The highest BCUT2D eigenvalue weighted by molar-refractivity contribution is 5.28. The van der Waals surface area contributed by atoms with Crippen molar-refractivity contribution in [3.05, 3.63) is 77.6 Å². The maximum atomic E-state index is 4.55. The molecule has 0 saturated heterocycles. The van der Waals surface area contributed by atoms with Gasteiger partial charge in [0.05, 0.1) is 17.6 Å². The van der Waals surface area contributed by atoms with Crippen LogP contribution in [-0.2, 0) is 13.0 Å². The highest BCUT2D eigenvalue weighted by atomic mass is 15.5. The monoisotopic (exact) mass is 349 g/mol. The third kappa shape index (κ3) is 4.56. The number of hydrogen-bond acceptors (Lipinski definition) is 4. The summed E-state index contributed by atoms with van der Waals surface area (Å²) in [6.45, 7) is 3.74. The number of benzene rings is 2. The molecule has 0 aliphatic carbocycles. The van der Waals surface area contributed by atoms with Crippen molar-refractivity contribution < 1.29 is 0 Å². The van der Waals surface area contributed by atoms with Crippen molar-refractivity contribution in [2.45, 2.75) is 25.9 Å². The van der Waals surface area contributed by atoms with Crippen LogP contribution in [0.3, 0.4) is 0 Å². The molecule has 136 valence electrons. The Morgan fingerprint density at radius 1 is 1.04 bits per heavy atom. The van der Waals surface area contributed by atoms with Crippen LogP contribution in [0.15, 0.2) is 60.8 Å². The summed E-state index contributed by atoms with van der Waals surface area (Å²) in [5, 5.41) is 12.4. The van der Waals surface area contributed by atoms with Crippen LogP contribution in [0.1, 0.15) is 29.8 Å². The molecule has 3 aromatic rings. The summed E-state index contributed by atoms with van der Waals surface area (Å²) in [7, 11) is 4.23. The van der Waals surface area contributed by atoms with Crippen molar-refractivity contribution in [1.29, 1.82) is 0 Å². The largest absolute Gasteiger partial charge is 0.309 e. The first kappa shape index (κ1) is 18.3. The van der Waals surface area contributed by atoms with Gasteiger partial charge in [-0.25, -0.2) is 0 Å². The third-order valence-electron chi connectivity index (χ3n) is 4.57. The molecule has 26 heavy (non-hydrogen) atoms. The number of para-hydroxylation sites is 1. The van der Waals surface area contributed by atoms with Crippen LogP contribution in [0.25, 0.3) is 5.69 Å². The molecule has 3 rings (SSSR count). The minimum absolute atomic E-state index is 0.324. The summed E-state index contributed by atoms with van der Waals surface area (Å²) in [5.74, 6) is 0. The Bertz CT molecular complexity index is 793. The Labute approximate surface area is 155 Å². The predicted octanol–water partition coefficient (Wildman–Crippen LogP) is 3.22. The van der Waals surface area contributed by atoms with Gasteiger partial charge >= 0.3 is 0 Å². The van der Waals surface area contributed by atoms with Gasteiger partial charge < -0.3 is 10.2 Å². The van der Waals surface area contributed by atoms with Gasteiger partial charge in [0, 0.05) is 19.1 Å². The first-order valence-corrected chi connectivity index (χ1v) is 9.10. The van der Waals surface area contributed by atoms with E-state index in [1.807, 2.05) is 36.5 Å². The van der Waals surface area contributed by atoms with Crippen molar-refractivity contribution in [2.24, 2.45) is 0 Å². The van der Waals surface area contributed by atoms with Gasteiger partial charge in [0.1, 0.15) is 0 Å².